The lowest BCUT2D eigenvalue weighted by Crippen LogP contribution is -2.34. The third kappa shape index (κ3) is 3.69. The lowest BCUT2D eigenvalue weighted by molar-refractivity contribution is 0.102. The Morgan fingerprint density at radius 2 is 1.91 bits per heavy atom. The first kappa shape index (κ1) is 21.1. The van der Waals surface area contributed by atoms with Crippen molar-refractivity contribution in [2.24, 2.45) is 10.8 Å². The summed E-state index contributed by atoms with van der Waals surface area (Å²) in [6.45, 7) is 10.6. The zero-order chi connectivity index (χ0) is 22.7. The number of phenolic OH excluding ortho intramolecular Hbond substituents is 1. The topological polar surface area (TPSA) is 65.7 Å². The first-order valence-electron chi connectivity index (χ1n) is 11.5. The molecule has 168 valence electrons. The molecule has 2 heterocycles. The van der Waals surface area contributed by atoms with Crippen LogP contribution in [-0.2, 0) is 6.54 Å². The number of rotatable bonds is 4. The van der Waals surface area contributed by atoms with Gasteiger partial charge in [0.05, 0.1) is 5.56 Å². The zero-order valence-electron chi connectivity index (χ0n) is 19.4. The van der Waals surface area contributed by atoms with Crippen molar-refractivity contribution in [3.05, 3.63) is 59.4 Å². The first-order valence-corrected chi connectivity index (χ1v) is 11.5. The minimum Gasteiger partial charge on any atom is -0.508 e. The summed E-state index contributed by atoms with van der Waals surface area (Å²) in [6, 6.07) is 13.4. The Kier molecular flexibility index (Phi) is 4.86. The van der Waals surface area contributed by atoms with Gasteiger partial charge in [0.1, 0.15) is 17.1 Å². The Bertz CT molecular complexity index is 1180. The van der Waals surface area contributed by atoms with E-state index in [0.29, 0.717) is 40.3 Å². The Balaban J connectivity index is 1.53. The van der Waals surface area contributed by atoms with Crippen LogP contribution in [0, 0.1) is 17.8 Å². The van der Waals surface area contributed by atoms with Gasteiger partial charge in [0, 0.05) is 35.8 Å². The minimum atomic E-state index is -0.215. The highest BCUT2D eigenvalue weighted by Crippen LogP contribution is 2.53. The number of carbonyl (C=O) groups excluding carboxylic acids is 1. The van der Waals surface area contributed by atoms with Gasteiger partial charge in [0.15, 0.2) is 0 Å². The van der Waals surface area contributed by atoms with Crippen LogP contribution in [0.1, 0.15) is 61.7 Å². The molecule has 1 saturated carbocycles. The van der Waals surface area contributed by atoms with Crippen molar-refractivity contribution in [2.75, 3.05) is 11.9 Å². The summed E-state index contributed by atoms with van der Waals surface area (Å²) in [5.41, 5.74) is 3.29. The van der Waals surface area contributed by atoms with Gasteiger partial charge in [-0.05, 0) is 61.3 Å². The first-order chi connectivity index (χ1) is 15.1. The summed E-state index contributed by atoms with van der Waals surface area (Å²) < 4.78 is 5.97. The van der Waals surface area contributed by atoms with Crippen LogP contribution < -0.4 is 5.32 Å². The van der Waals surface area contributed by atoms with Crippen molar-refractivity contribution in [1.82, 2.24) is 4.90 Å². The highest BCUT2D eigenvalue weighted by Gasteiger charge is 2.49. The SMILES string of the molecule is Cc1oc2ccc(O)c(CN3C[C@@]4(C)C[C@H]3CC(C)(C)C4)c2c1C(=O)Nc1ccccc1. The van der Waals surface area contributed by atoms with Crippen LogP contribution in [0.3, 0.4) is 0 Å². The number of hydrogen-bond acceptors (Lipinski definition) is 4. The predicted octanol–water partition coefficient (Wildman–Crippen LogP) is 6.10. The van der Waals surface area contributed by atoms with Crippen LogP contribution in [0.5, 0.6) is 5.75 Å². The fourth-order valence-corrected chi connectivity index (χ4v) is 6.48. The number of carbonyl (C=O) groups is 1. The van der Waals surface area contributed by atoms with Gasteiger partial charge in [-0.2, -0.15) is 0 Å². The van der Waals surface area contributed by atoms with Gasteiger partial charge in [0.2, 0.25) is 0 Å². The van der Waals surface area contributed by atoms with Gasteiger partial charge in [-0.3, -0.25) is 9.69 Å². The molecule has 0 radical (unpaired) electrons. The van der Waals surface area contributed by atoms with Gasteiger partial charge < -0.3 is 14.8 Å². The van der Waals surface area contributed by atoms with Gasteiger partial charge >= 0.3 is 0 Å². The van der Waals surface area contributed by atoms with Gasteiger partial charge in [-0.1, -0.05) is 39.0 Å². The Hall–Kier alpha value is -2.79. The largest absolute Gasteiger partial charge is 0.508 e. The fraction of sp³-hybridized carbons (Fsp3) is 0.444. The Morgan fingerprint density at radius 1 is 1.16 bits per heavy atom. The molecule has 2 N–H and O–H groups in total. The van der Waals surface area contributed by atoms with Gasteiger partial charge in [0.25, 0.3) is 5.91 Å². The van der Waals surface area contributed by atoms with Crippen LogP contribution in [0.25, 0.3) is 11.0 Å². The highest BCUT2D eigenvalue weighted by molar-refractivity contribution is 6.14. The molecule has 2 atom stereocenters. The van der Waals surface area contributed by atoms with E-state index < -0.39 is 0 Å². The molecule has 1 aliphatic carbocycles. The Morgan fingerprint density at radius 3 is 2.66 bits per heavy atom. The molecule has 2 aliphatic rings. The molecule has 1 amide bonds. The van der Waals surface area contributed by atoms with E-state index in [2.05, 4.69) is 31.0 Å². The van der Waals surface area contributed by atoms with E-state index in [1.165, 1.54) is 12.8 Å². The van der Waals surface area contributed by atoms with Crippen molar-refractivity contribution in [1.29, 1.82) is 0 Å². The third-order valence-corrected chi connectivity index (χ3v) is 7.26. The lowest BCUT2D eigenvalue weighted by Gasteiger charge is -2.40. The summed E-state index contributed by atoms with van der Waals surface area (Å²) in [4.78, 5) is 15.8. The lowest BCUT2D eigenvalue weighted by atomic mass is 9.65. The average Bonchev–Trinajstić information content (AvgIpc) is 3.16. The number of nitrogens with one attached hydrogen (secondary N) is 1. The summed E-state index contributed by atoms with van der Waals surface area (Å²) in [5, 5.41) is 14.6. The van der Waals surface area contributed by atoms with Crippen molar-refractivity contribution < 1.29 is 14.3 Å². The quantitative estimate of drug-likeness (QED) is 0.523. The molecule has 1 aromatic heterocycles. The molecular weight excluding hydrogens is 400 g/mol. The summed E-state index contributed by atoms with van der Waals surface area (Å²) >= 11 is 0. The number of aromatic hydroxyl groups is 1. The number of furan rings is 1. The molecule has 2 aromatic carbocycles. The minimum absolute atomic E-state index is 0.215. The van der Waals surface area contributed by atoms with Crippen molar-refractivity contribution in [3.63, 3.8) is 0 Å². The molecule has 0 spiro atoms. The number of para-hydroxylation sites is 1. The molecule has 2 bridgehead atoms. The van der Waals surface area contributed by atoms with E-state index >= 15 is 0 Å². The normalized spacial score (nSPS) is 24.7. The number of nitrogens with zero attached hydrogens (tertiary/aromatic N) is 1. The molecule has 5 rings (SSSR count). The molecule has 2 fully saturated rings. The van der Waals surface area contributed by atoms with E-state index in [1.54, 1.807) is 12.1 Å². The van der Waals surface area contributed by atoms with Crippen LogP contribution in [-0.4, -0.2) is 28.5 Å². The maximum atomic E-state index is 13.3. The molecular formula is C27H32N2O3. The standard InChI is InChI=1S/C27H32N2O3/c1-17-23(25(31)28-18-8-6-5-7-9-18)24-20(21(30)10-11-22(24)32-17)14-29-16-27(4)13-19(29)12-26(2,3)15-27/h5-11,19,30H,12-16H2,1-4H3,(H,28,31)/t19-,27+/m1/s1. The van der Waals surface area contributed by atoms with Crippen molar-refractivity contribution in [3.8, 4) is 5.75 Å². The summed E-state index contributed by atoms with van der Waals surface area (Å²) in [7, 11) is 0. The van der Waals surface area contributed by atoms with Crippen LogP contribution in [0.15, 0.2) is 46.9 Å². The second-order valence-corrected chi connectivity index (χ2v) is 10.9. The maximum Gasteiger partial charge on any atom is 0.259 e. The number of anilines is 1. The molecule has 5 nitrogen and oxygen atoms in total. The molecule has 1 aliphatic heterocycles. The smallest absolute Gasteiger partial charge is 0.259 e. The van der Waals surface area contributed by atoms with Crippen molar-refractivity contribution >= 4 is 22.6 Å². The number of phenols is 1. The summed E-state index contributed by atoms with van der Waals surface area (Å²) in [6.07, 6.45) is 3.57. The predicted molar refractivity (Wildman–Crippen MR) is 127 cm³/mol. The van der Waals surface area contributed by atoms with E-state index in [4.69, 9.17) is 4.42 Å². The molecule has 32 heavy (non-hydrogen) atoms. The van der Waals surface area contributed by atoms with Gasteiger partial charge in [-0.25, -0.2) is 0 Å². The Labute approximate surface area is 189 Å². The second kappa shape index (κ2) is 7.38. The molecule has 3 aromatic rings. The molecule has 1 saturated heterocycles. The average molecular weight is 433 g/mol. The van der Waals surface area contributed by atoms with E-state index in [1.807, 2.05) is 37.3 Å². The van der Waals surface area contributed by atoms with E-state index in [9.17, 15) is 9.90 Å². The second-order valence-electron chi connectivity index (χ2n) is 10.9. The monoisotopic (exact) mass is 432 g/mol. The number of amides is 1. The maximum absolute atomic E-state index is 13.3. The number of fused-ring (bicyclic) bond motifs is 3. The van der Waals surface area contributed by atoms with Crippen LogP contribution in [0.2, 0.25) is 0 Å². The van der Waals surface area contributed by atoms with Crippen molar-refractivity contribution in [2.45, 2.75) is 59.5 Å². The summed E-state index contributed by atoms with van der Waals surface area (Å²) in [5.74, 6) is 0.569. The number of aryl methyl sites for hydroxylation is 1. The molecule has 0 unspecified atom stereocenters. The van der Waals surface area contributed by atoms with Crippen LogP contribution in [0.4, 0.5) is 5.69 Å². The number of likely N-dealkylation sites (tertiary alicyclic amines) is 1. The van der Waals surface area contributed by atoms with Gasteiger partial charge in [-0.15, -0.1) is 0 Å². The number of benzene rings is 2. The third-order valence-electron chi connectivity index (χ3n) is 7.26. The fourth-order valence-electron chi connectivity index (χ4n) is 6.48. The zero-order valence-corrected chi connectivity index (χ0v) is 19.4. The highest BCUT2D eigenvalue weighted by atomic mass is 16.3. The van der Waals surface area contributed by atoms with Crippen LogP contribution >= 0.6 is 0 Å². The van der Waals surface area contributed by atoms with E-state index in [-0.39, 0.29) is 11.7 Å². The number of hydrogen-bond donors (Lipinski definition) is 2. The molecule has 5 heteroatoms. The van der Waals surface area contributed by atoms with E-state index in [0.717, 1.165) is 29.6 Å².